The van der Waals surface area contributed by atoms with Crippen molar-refractivity contribution in [1.82, 2.24) is 4.72 Å². The van der Waals surface area contributed by atoms with Crippen LogP contribution in [0.15, 0.2) is 18.2 Å². The van der Waals surface area contributed by atoms with Gasteiger partial charge in [-0.3, -0.25) is 4.72 Å². The molecule has 0 unspecified atom stereocenters. The molecule has 0 atom stereocenters. The molecule has 0 saturated heterocycles. The fraction of sp³-hybridized carbons (Fsp3) is 0.455. The standard InChI is InChI=1S/C11H16N2O3S/c1-2-8-3-6-11(14)10(7-8)13-17(15,16)12-9-4-5-9/h3,6-7,9,12-14H,2,4-5H2,1H3. The van der Waals surface area contributed by atoms with Gasteiger partial charge in [0.2, 0.25) is 0 Å². The van der Waals surface area contributed by atoms with Crippen LogP contribution in [0.2, 0.25) is 0 Å². The third kappa shape index (κ3) is 3.34. The van der Waals surface area contributed by atoms with Gasteiger partial charge in [0.25, 0.3) is 10.2 Å². The van der Waals surface area contributed by atoms with E-state index in [1.165, 1.54) is 6.07 Å². The first-order valence-electron chi connectivity index (χ1n) is 5.62. The maximum Gasteiger partial charge on any atom is 0.299 e. The van der Waals surface area contributed by atoms with E-state index in [0.29, 0.717) is 0 Å². The predicted molar refractivity (Wildman–Crippen MR) is 66.2 cm³/mol. The van der Waals surface area contributed by atoms with Gasteiger partial charge in [-0.1, -0.05) is 13.0 Å². The van der Waals surface area contributed by atoms with Crippen molar-refractivity contribution in [2.24, 2.45) is 0 Å². The summed E-state index contributed by atoms with van der Waals surface area (Å²) in [7, 11) is -3.58. The summed E-state index contributed by atoms with van der Waals surface area (Å²) in [5, 5.41) is 9.59. The van der Waals surface area contributed by atoms with E-state index in [-0.39, 0.29) is 17.5 Å². The lowest BCUT2D eigenvalue weighted by molar-refractivity contribution is 0.477. The summed E-state index contributed by atoms with van der Waals surface area (Å²) in [5.41, 5.74) is 1.18. The number of nitrogens with one attached hydrogen (secondary N) is 2. The number of anilines is 1. The highest BCUT2D eigenvalue weighted by atomic mass is 32.2. The number of aromatic hydroxyl groups is 1. The summed E-state index contributed by atoms with van der Waals surface area (Å²) in [6.07, 6.45) is 2.54. The Kier molecular flexibility index (Phi) is 3.26. The minimum absolute atomic E-state index is 0.0454. The molecule has 0 amide bonds. The second-order valence-corrected chi connectivity index (χ2v) is 5.65. The predicted octanol–water partition coefficient (Wildman–Crippen LogP) is 1.36. The van der Waals surface area contributed by atoms with Gasteiger partial charge in [-0.15, -0.1) is 0 Å². The van der Waals surface area contributed by atoms with Crippen molar-refractivity contribution >= 4 is 15.9 Å². The minimum Gasteiger partial charge on any atom is -0.506 e. The van der Waals surface area contributed by atoms with E-state index in [2.05, 4.69) is 9.44 Å². The van der Waals surface area contributed by atoms with Gasteiger partial charge in [0.15, 0.2) is 0 Å². The molecule has 94 valence electrons. The molecular weight excluding hydrogens is 240 g/mol. The number of phenols is 1. The second kappa shape index (κ2) is 4.54. The van der Waals surface area contributed by atoms with Gasteiger partial charge in [-0.25, -0.2) is 0 Å². The van der Waals surface area contributed by atoms with E-state index < -0.39 is 10.2 Å². The SMILES string of the molecule is CCc1ccc(O)c(NS(=O)(=O)NC2CC2)c1. The summed E-state index contributed by atoms with van der Waals surface area (Å²) >= 11 is 0. The molecule has 0 aromatic heterocycles. The maximum absolute atomic E-state index is 11.7. The summed E-state index contributed by atoms with van der Waals surface area (Å²) in [4.78, 5) is 0. The smallest absolute Gasteiger partial charge is 0.299 e. The molecule has 3 N–H and O–H groups in total. The van der Waals surface area contributed by atoms with E-state index >= 15 is 0 Å². The highest BCUT2D eigenvalue weighted by molar-refractivity contribution is 7.90. The van der Waals surface area contributed by atoms with Crippen LogP contribution in [0, 0.1) is 0 Å². The summed E-state index contributed by atoms with van der Waals surface area (Å²) in [6.45, 7) is 1.97. The number of benzene rings is 1. The van der Waals surface area contributed by atoms with Crippen LogP contribution in [-0.2, 0) is 16.6 Å². The lowest BCUT2D eigenvalue weighted by Crippen LogP contribution is -2.31. The third-order valence-electron chi connectivity index (χ3n) is 2.61. The Morgan fingerprint density at radius 2 is 2.12 bits per heavy atom. The van der Waals surface area contributed by atoms with Crippen molar-refractivity contribution in [3.8, 4) is 5.75 Å². The van der Waals surface area contributed by atoms with Gasteiger partial charge in [0, 0.05) is 6.04 Å². The molecule has 17 heavy (non-hydrogen) atoms. The zero-order chi connectivity index (χ0) is 12.5. The normalized spacial score (nSPS) is 15.8. The summed E-state index contributed by atoms with van der Waals surface area (Å²) in [5.74, 6) is -0.0663. The van der Waals surface area contributed by atoms with Gasteiger partial charge in [-0.2, -0.15) is 13.1 Å². The average Bonchev–Trinajstić information content (AvgIpc) is 3.04. The Morgan fingerprint density at radius 1 is 1.41 bits per heavy atom. The average molecular weight is 256 g/mol. The molecule has 5 nitrogen and oxygen atoms in total. The summed E-state index contributed by atoms with van der Waals surface area (Å²) < 4.78 is 28.2. The van der Waals surface area contributed by atoms with Crippen LogP contribution < -0.4 is 9.44 Å². The van der Waals surface area contributed by atoms with Crippen LogP contribution in [-0.4, -0.2) is 19.6 Å². The molecular formula is C11H16N2O3S. The van der Waals surface area contributed by atoms with Crippen molar-refractivity contribution in [2.75, 3.05) is 4.72 Å². The van der Waals surface area contributed by atoms with Crippen LogP contribution in [0.5, 0.6) is 5.75 Å². The van der Waals surface area contributed by atoms with E-state index in [1.807, 2.05) is 6.92 Å². The number of aryl methyl sites for hydroxylation is 1. The van der Waals surface area contributed by atoms with E-state index in [9.17, 15) is 13.5 Å². The monoisotopic (exact) mass is 256 g/mol. The number of hydrogen-bond acceptors (Lipinski definition) is 3. The molecule has 1 aromatic carbocycles. The molecule has 6 heteroatoms. The van der Waals surface area contributed by atoms with Gasteiger partial charge < -0.3 is 5.11 Å². The third-order valence-corrected chi connectivity index (χ3v) is 3.74. The van der Waals surface area contributed by atoms with Gasteiger partial charge in [0.05, 0.1) is 5.69 Å². The lowest BCUT2D eigenvalue weighted by atomic mass is 10.1. The van der Waals surface area contributed by atoms with Crippen LogP contribution in [0.25, 0.3) is 0 Å². The fourth-order valence-electron chi connectivity index (χ4n) is 1.48. The molecule has 1 aliphatic rings. The Bertz CT molecular complexity index is 509. The number of rotatable bonds is 5. The van der Waals surface area contributed by atoms with E-state index in [1.54, 1.807) is 12.1 Å². The molecule has 1 saturated carbocycles. The molecule has 0 bridgehead atoms. The van der Waals surface area contributed by atoms with Crippen LogP contribution >= 0.6 is 0 Å². The summed E-state index contributed by atoms with van der Waals surface area (Å²) in [6, 6.07) is 4.94. The Labute approximate surface area is 101 Å². The zero-order valence-corrected chi connectivity index (χ0v) is 10.4. The fourth-order valence-corrected chi connectivity index (χ4v) is 2.67. The van der Waals surface area contributed by atoms with E-state index in [0.717, 1.165) is 24.8 Å². The highest BCUT2D eigenvalue weighted by Crippen LogP contribution is 2.26. The van der Waals surface area contributed by atoms with E-state index in [4.69, 9.17) is 0 Å². The second-order valence-electron chi connectivity index (χ2n) is 4.20. The minimum atomic E-state index is -3.58. The first-order valence-corrected chi connectivity index (χ1v) is 7.10. The topological polar surface area (TPSA) is 78.4 Å². The highest BCUT2D eigenvalue weighted by Gasteiger charge is 2.27. The molecule has 0 heterocycles. The van der Waals surface area contributed by atoms with Crippen molar-refractivity contribution < 1.29 is 13.5 Å². The molecule has 0 spiro atoms. The largest absolute Gasteiger partial charge is 0.506 e. The van der Waals surface area contributed by atoms with Crippen LogP contribution in [0.1, 0.15) is 25.3 Å². The number of phenolic OH excluding ortho intramolecular Hbond substituents is 1. The van der Waals surface area contributed by atoms with Crippen molar-refractivity contribution in [3.05, 3.63) is 23.8 Å². The zero-order valence-electron chi connectivity index (χ0n) is 9.60. The molecule has 0 aliphatic heterocycles. The van der Waals surface area contributed by atoms with Gasteiger partial charge in [0.1, 0.15) is 5.75 Å². The molecule has 1 fully saturated rings. The Morgan fingerprint density at radius 3 is 2.71 bits per heavy atom. The Balaban J connectivity index is 2.16. The van der Waals surface area contributed by atoms with Crippen molar-refractivity contribution in [1.29, 1.82) is 0 Å². The Hall–Kier alpha value is -1.27. The van der Waals surface area contributed by atoms with Crippen LogP contribution in [0.4, 0.5) is 5.69 Å². The molecule has 1 aromatic rings. The molecule has 2 rings (SSSR count). The first-order chi connectivity index (χ1) is 8.00. The first kappa shape index (κ1) is 12.2. The van der Waals surface area contributed by atoms with Gasteiger partial charge >= 0.3 is 0 Å². The van der Waals surface area contributed by atoms with Crippen LogP contribution in [0.3, 0.4) is 0 Å². The quantitative estimate of drug-likeness (QED) is 0.696. The molecule has 1 aliphatic carbocycles. The maximum atomic E-state index is 11.7. The van der Waals surface area contributed by atoms with Crippen molar-refractivity contribution in [3.63, 3.8) is 0 Å². The number of hydrogen-bond donors (Lipinski definition) is 3. The van der Waals surface area contributed by atoms with Crippen molar-refractivity contribution in [2.45, 2.75) is 32.2 Å². The lowest BCUT2D eigenvalue weighted by Gasteiger charge is -2.11. The molecule has 0 radical (unpaired) electrons. The van der Waals surface area contributed by atoms with Gasteiger partial charge in [-0.05, 0) is 37.0 Å².